The van der Waals surface area contributed by atoms with Gasteiger partial charge in [0.15, 0.2) is 0 Å². The van der Waals surface area contributed by atoms with E-state index in [0.29, 0.717) is 6.61 Å². The van der Waals surface area contributed by atoms with Gasteiger partial charge in [0, 0.05) is 29.8 Å². The quantitative estimate of drug-likeness (QED) is 0.878. The lowest BCUT2D eigenvalue weighted by atomic mass is 9.91. The van der Waals surface area contributed by atoms with E-state index in [-0.39, 0.29) is 36.9 Å². The molecule has 2 atom stereocenters. The largest absolute Gasteiger partial charge is 0.493 e. The second-order valence-electron chi connectivity index (χ2n) is 6.40. The van der Waals surface area contributed by atoms with E-state index in [9.17, 15) is 9.90 Å². The van der Waals surface area contributed by atoms with Crippen LogP contribution >= 0.6 is 0 Å². The fraction of sp³-hybridized carbons (Fsp3) is 0.444. The molecule has 0 aliphatic carbocycles. The number of hydrogen-bond acceptors (Lipinski definition) is 4. The molecule has 0 fully saturated rings. The Labute approximate surface area is 141 Å². The molecule has 0 unspecified atom stereocenters. The summed E-state index contributed by atoms with van der Waals surface area (Å²) in [6, 6.07) is 7.37. The van der Waals surface area contributed by atoms with Crippen molar-refractivity contribution in [3.63, 3.8) is 0 Å². The van der Waals surface area contributed by atoms with Crippen molar-refractivity contribution in [2.45, 2.75) is 32.4 Å². The minimum atomic E-state index is -0.251. The van der Waals surface area contributed by atoms with Crippen molar-refractivity contribution in [3.05, 3.63) is 48.0 Å². The van der Waals surface area contributed by atoms with E-state index in [1.165, 1.54) is 0 Å². The number of aliphatic hydroxyl groups is 1. The Kier molecular flexibility index (Phi) is 4.85. The van der Waals surface area contributed by atoms with Crippen molar-refractivity contribution in [2.24, 2.45) is 5.92 Å². The molecule has 0 saturated heterocycles. The summed E-state index contributed by atoms with van der Waals surface area (Å²) in [5.41, 5.74) is 0.908. The summed E-state index contributed by atoms with van der Waals surface area (Å²) in [4.78, 5) is 16.8. The number of para-hydroxylation sites is 1. The van der Waals surface area contributed by atoms with Gasteiger partial charge in [-0.25, -0.2) is 4.98 Å². The zero-order valence-electron chi connectivity index (χ0n) is 14.0. The molecule has 1 aromatic heterocycles. The zero-order chi connectivity index (χ0) is 17.1. The van der Waals surface area contributed by atoms with Gasteiger partial charge in [0.1, 0.15) is 18.1 Å². The van der Waals surface area contributed by atoms with Gasteiger partial charge >= 0.3 is 0 Å². The fourth-order valence-corrected chi connectivity index (χ4v) is 3.10. The van der Waals surface area contributed by atoms with Crippen LogP contribution in [0.25, 0.3) is 0 Å². The van der Waals surface area contributed by atoms with E-state index < -0.39 is 0 Å². The van der Waals surface area contributed by atoms with Crippen LogP contribution in [0.4, 0.5) is 0 Å². The van der Waals surface area contributed by atoms with Crippen LogP contribution in [0.1, 0.15) is 37.2 Å². The van der Waals surface area contributed by atoms with Gasteiger partial charge in [0.2, 0.25) is 5.91 Å². The molecular formula is C18H23N3O3. The van der Waals surface area contributed by atoms with Crippen LogP contribution < -0.4 is 10.1 Å². The molecule has 0 bridgehead atoms. The first-order valence-corrected chi connectivity index (χ1v) is 8.23. The molecule has 0 spiro atoms. The lowest BCUT2D eigenvalue weighted by molar-refractivity contribution is -0.123. The Hall–Kier alpha value is -2.34. The van der Waals surface area contributed by atoms with Crippen LogP contribution in [-0.2, 0) is 11.3 Å². The second kappa shape index (κ2) is 7.05. The number of amides is 1. The smallest absolute Gasteiger partial charge is 0.240 e. The highest BCUT2D eigenvalue weighted by molar-refractivity contribution is 5.76. The van der Waals surface area contributed by atoms with E-state index in [0.717, 1.165) is 17.1 Å². The van der Waals surface area contributed by atoms with Crippen molar-refractivity contribution in [1.82, 2.24) is 14.9 Å². The number of benzene rings is 1. The lowest BCUT2D eigenvalue weighted by Gasteiger charge is -2.33. The summed E-state index contributed by atoms with van der Waals surface area (Å²) in [5.74, 6) is 1.64. The minimum absolute atomic E-state index is 0.0401. The van der Waals surface area contributed by atoms with Crippen molar-refractivity contribution in [2.75, 3.05) is 13.2 Å². The van der Waals surface area contributed by atoms with Crippen molar-refractivity contribution in [3.8, 4) is 5.75 Å². The van der Waals surface area contributed by atoms with Crippen molar-refractivity contribution >= 4 is 5.91 Å². The average molecular weight is 329 g/mol. The molecular weight excluding hydrogens is 306 g/mol. The van der Waals surface area contributed by atoms with Crippen LogP contribution in [-0.4, -0.2) is 33.8 Å². The van der Waals surface area contributed by atoms with Crippen LogP contribution in [0.15, 0.2) is 36.7 Å². The number of hydrogen-bond donors (Lipinski definition) is 2. The maximum Gasteiger partial charge on any atom is 0.240 e. The fourth-order valence-electron chi connectivity index (χ4n) is 3.10. The first-order valence-electron chi connectivity index (χ1n) is 8.23. The van der Waals surface area contributed by atoms with E-state index >= 15 is 0 Å². The van der Waals surface area contributed by atoms with Gasteiger partial charge in [-0.3, -0.25) is 4.79 Å². The summed E-state index contributed by atoms with van der Waals surface area (Å²) in [6.45, 7) is 4.66. The Balaban J connectivity index is 1.76. The van der Waals surface area contributed by atoms with Gasteiger partial charge in [-0.05, 0) is 6.07 Å². The predicted molar refractivity (Wildman–Crippen MR) is 89.7 cm³/mol. The topological polar surface area (TPSA) is 76.4 Å². The van der Waals surface area contributed by atoms with Crippen LogP contribution in [0.5, 0.6) is 5.75 Å². The van der Waals surface area contributed by atoms with Gasteiger partial charge in [0.25, 0.3) is 0 Å². The normalized spacial score (nSPS) is 19.7. The van der Waals surface area contributed by atoms with E-state index in [1.807, 2.05) is 48.9 Å². The zero-order valence-corrected chi connectivity index (χ0v) is 14.0. The van der Waals surface area contributed by atoms with E-state index in [4.69, 9.17) is 4.74 Å². The first kappa shape index (κ1) is 16.5. The standard InChI is InChI=1S/C18H23N3O3/c1-12(2)18-19-7-8-21(18)9-16(23)20-17-13(10-22)11-24-15-6-4-3-5-14(15)17/h3-8,12-13,17,22H,9-11H2,1-2H3,(H,20,23)/t13-,17-/m1/s1. The summed E-state index contributed by atoms with van der Waals surface area (Å²) >= 11 is 0. The molecule has 2 aromatic rings. The van der Waals surface area contributed by atoms with Gasteiger partial charge < -0.3 is 19.7 Å². The number of nitrogens with zero attached hydrogens (tertiary/aromatic N) is 2. The third-order valence-electron chi connectivity index (χ3n) is 4.31. The highest BCUT2D eigenvalue weighted by atomic mass is 16.5. The molecule has 0 radical (unpaired) electrons. The number of rotatable bonds is 5. The lowest BCUT2D eigenvalue weighted by Crippen LogP contribution is -2.41. The number of carbonyl (C=O) groups excluding carboxylic acids is 1. The van der Waals surface area contributed by atoms with Gasteiger partial charge in [-0.2, -0.15) is 0 Å². The first-order chi connectivity index (χ1) is 11.6. The van der Waals surface area contributed by atoms with Crippen LogP contribution in [0.2, 0.25) is 0 Å². The summed E-state index contributed by atoms with van der Waals surface area (Å²) in [5, 5.41) is 12.7. The molecule has 1 aliphatic rings. The number of carbonyl (C=O) groups is 1. The van der Waals surface area contributed by atoms with E-state index in [1.54, 1.807) is 6.20 Å². The summed E-state index contributed by atoms with van der Waals surface area (Å²) in [7, 11) is 0. The molecule has 2 heterocycles. The van der Waals surface area contributed by atoms with Gasteiger partial charge in [-0.1, -0.05) is 32.0 Å². The number of nitrogens with one attached hydrogen (secondary N) is 1. The maximum absolute atomic E-state index is 12.5. The number of ether oxygens (including phenoxy) is 1. The third-order valence-corrected chi connectivity index (χ3v) is 4.31. The van der Waals surface area contributed by atoms with Crippen molar-refractivity contribution in [1.29, 1.82) is 0 Å². The second-order valence-corrected chi connectivity index (χ2v) is 6.40. The SMILES string of the molecule is CC(C)c1nccn1CC(=O)N[C@H]1c2ccccc2OC[C@H]1CO. The van der Waals surface area contributed by atoms with Crippen molar-refractivity contribution < 1.29 is 14.6 Å². The molecule has 1 aliphatic heterocycles. The molecule has 6 nitrogen and oxygen atoms in total. The Bertz CT molecular complexity index is 711. The summed E-state index contributed by atoms with van der Waals surface area (Å²) < 4.78 is 7.53. The number of imidazole rings is 1. The summed E-state index contributed by atoms with van der Waals surface area (Å²) in [6.07, 6.45) is 3.53. The molecule has 128 valence electrons. The molecule has 6 heteroatoms. The molecule has 1 amide bonds. The Morgan fingerprint density at radius 2 is 2.25 bits per heavy atom. The minimum Gasteiger partial charge on any atom is -0.493 e. The van der Waals surface area contributed by atoms with Gasteiger partial charge in [0.05, 0.1) is 19.3 Å². The predicted octanol–water partition coefficient (Wildman–Crippen LogP) is 1.86. The molecule has 2 N–H and O–H groups in total. The monoisotopic (exact) mass is 329 g/mol. The maximum atomic E-state index is 12.5. The van der Waals surface area contributed by atoms with Crippen LogP contribution in [0, 0.1) is 5.92 Å². The molecule has 24 heavy (non-hydrogen) atoms. The average Bonchev–Trinajstić information content (AvgIpc) is 3.03. The molecule has 1 aromatic carbocycles. The number of aliphatic hydroxyl groups excluding tert-OH is 1. The highest BCUT2D eigenvalue weighted by Crippen LogP contribution is 2.35. The highest BCUT2D eigenvalue weighted by Gasteiger charge is 2.31. The number of fused-ring (bicyclic) bond motifs is 1. The van der Waals surface area contributed by atoms with Crippen LogP contribution in [0.3, 0.4) is 0 Å². The third kappa shape index (κ3) is 3.28. The van der Waals surface area contributed by atoms with Gasteiger partial charge in [-0.15, -0.1) is 0 Å². The number of aromatic nitrogens is 2. The van der Waals surface area contributed by atoms with E-state index in [2.05, 4.69) is 10.3 Å². The Morgan fingerprint density at radius 1 is 1.46 bits per heavy atom. The molecule has 0 saturated carbocycles. The molecule has 3 rings (SSSR count). The Morgan fingerprint density at radius 3 is 3.00 bits per heavy atom.